The molecule has 1 rings (SSSR count). The van der Waals surface area contributed by atoms with Crippen molar-refractivity contribution < 1.29 is 4.74 Å². The largest absolute Gasteiger partial charge is 0.378 e. The molecule has 0 aromatic rings. The molecule has 3 heteroatoms. The van der Waals surface area contributed by atoms with Crippen LogP contribution in [0.4, 0.5) is 0 Å². The molecule has 108 valence electrons. The van der Waals surface area contributed by atoms with Crippen molar-refractivity contribution in [2.24, 2.45) is 0 Å². The second-order valence-electron chi connectivity index (χ2n) is 5.52. The van der Waals surface area contributed by atoms with Gasteiger partial charge in [0, 0.05) is 18.6 Å². The summed E-state index contributed by atoms with van der Waals surface area (Å²) in [7, 11) is 0. The van der Waals surface area contributed by atoms with E-state index in [1.807, 2.05) is 0 Å². The Balaban J connectivity index is 2.05. The van der Waals surface area contributed by atoms with E-state index in [4.69, 9.17) is 4.74 Å². The lowest BCUT2D eigenvalue weighted by Gasteiger charge is -2.35. The lowest BCUT2D eigenvalue weighted by molar-refractivity contribution is -0.00922. The van der Waals surface area contributed by atoms with Gasteiger partial charge in [0.05, 0.1) is 13.2 Å². The van der Waals surface area contributed by atoms with Gasteiger partial charge in [0.2, 0.25) is 0 Å². The molecule has 0 radical (unpaired) electrons. The van der Waals surface area contributed by atoms with Gasteiger partial charge in [0.1, 0.15) is 0 Å². The zero-order valence-electron chi connectivity index (χ0n) is 12.6. The molecule has 0 aliphatic carbocycles. The van der Waals surface area contributed by atoms with Crippen molar-refractivity contribution in [1.29, 1.82) is 0 Å². The van der Waals surface area contributed by atoms with Crippen LogP contribution in [0.1, 0.15) is 52.9 Å². The van der Waals surface area contributed by atoms with E-state index >= 15 is 0 Å². The van der Waals surface area contributed by atoms with E-state index in [1.54, 1.807) is 0 Å². The van der Waals surface area contributed by atoms with Gasteiger partial charge in [0.15, 0.2) is 0 Å². The molecule has 18 heavy (non-hydrogen) atoms. The second-order valence-corrected chi connectivity index (χ2v) is 5.52. The SMILES string of the molecule is CCCNC(C)CCCCN1CCOCC1CC. The van der Waals surface area contributed by atoms with Gasteiger partial charge in [-0.05, 0) is 45.7 Å². The fourth-order valence-corrected chi connectivity index (χ4v) is 2.62. The maximum Gasteiger partial charge on any atom is 0.0622 e. The predicted molar refractivity (Wildman–Crippen MR) is 78.1 cm³/mol. The van der Waals surface area contributed by atoms with Gasteiger partial charge < -0.3 is 10.1 Å². The second kappa shape index (κ2) is 9.76. The highest BCUT2D eigenvalue weighted by atomic mass is 16.5. The molecule has 2 unspecified atom stereocenters. The maximum atomic E-state index is 5.54. The molecule has 1 N–H and O–H groups in total. The number of rotatable bonds is 9. The average Bonchev–Trinajstić information content (AvgIpc) is 2.41. The summed E-state index contributed by atoms with van der Waals surface area (Å²) >= 11 is 0. The normalized spacial score (nSPS) is 23.2. The van der Waals surface area contributed by atoms with E-state index in [0.717, 1.165) is 26.3 Å². The van der Waals surface area contributed by atoms with Crippen molar-refractivity contribution in [3.8, 4) is 0 Å². The highest BCUT2D eigenvalue weighted by Gasteiger charge is 2.20. The molecule has 2 atom stereocenters. The number of unbranched alkanes of at least 4 members (excludes halogenated alkanes) is 1. The molecule has 0 spiro atoms. The van der Waals surface area contributed by atoms with Crippen molar-refractivity contribution in [1.82, 2.24) is 10.2 Å². The summed E-state index contributed by atoms with van der Waals surface area (Å²) in [5.74, 6) is 0. The summed E-state index contributed by atoms with van der Waals surface area (Å²) in [6.45, 7) is 12.2. The number of hydrogen-bond donors (Lipinski definition) is 1. The van der Waals surface area contributed by atoms with Crippen molar-refractivity contribution in [2.75, 3.05) is 32.8 Å². The van der Waals surface area contributed by atoms with E-state index in [2.05, 4.69) is 31.0 Å². The third-order valence-electron chi connectivity index (χ3n) is 3.90. The van der Waals surface area contributed by atoms with E-state index in [1.165, 1.54) is 38.6 Å². The highest BCUT2D eigenvalue weighted by molar-refractivity contribution is 4.74. The Morgan fingerprint density at radius 1 is 1.33 bits per heavy atom. The minimum Gasteiger partial charge on any atom is -0.378 e. The Morgan fingerprint density at radius 2 is 2.17 bits per heavy atom. The molecule has 1 heterocycles. The Kier molecular flexibility index (Phi) is 8.64. The molecule has 0 saturated carbocycles. The van der Waals surface area contributed by atoms with Crippen LogP contribution in [0.2, 0.25) is 0 Å². The van der Waals surface area contributed by atoms with Crippen LogP contribution in [0.5, 0.6) is 0 Å². The summed E-state index contributed by atoms with van der Waals surface area (Å²) < 4.78 is 5.54. The zero-order chi connectivity index (χ0) is 13.2. The van der Waals surface area contributed by atoms with E-state index in [-0.39, 0.29) is 0 Å². The smallest absolute Gasteiger partial charge is 0.0622 e. The van der Waals surface area contributed by atoms with Gasteiger partial charge in [-0.15, -0.1) is 0 Å². The van der Waals surface area contributed by atoms with Crippen LogP contribution in [0.3, 0.4) is 0 Å². The first kappa shape index (κ1) is 15.9. The lowest BCUT2D eigenvalue weighted by Crippen LogP contribution is -2.45. The fourth-order valence-electron chi connectivity index (χ4n) is 2.62. The van der Waals surface area contributed by atoms with Gasteiger partial charge in [-0.2, -0.15) is 0 Å². The van der Waals surface area contributed by atoms with Crippen molar-refractivity contribution in [2.45, 2.75) is 65.0 Å². The Bertz CT molecular complexity index is 199. The summed E-state index contributed by atoms with van der Waals surface area (Å²) in [5.41, 5.74) is 0. The van der Waals surface area contributed by atoms with Gasteiger partial charge in [-0.3, -0.25) is 4.90 Å². The monoisotopic (exact) mass is 256 g/mol. The minimum absolute atomic E-state index is 0.661. The molecule has 0 bridgehead atoms. The van der Waals surface area contributed by atoms with Gasteiger partial charge in [0.25, 0.3) is 0 Å². The minimum atomic E-state index is 0.661. The zero-order valence-corrected chi connectivity index (χ0v) is 12.6. The van der Waals surface area contributed by atoms with Gasteiger partial charge >= 0.3 is 0 Å². The highest BCUT2D eigenvalue weighted by Crippen LogP contribution is 2.12. The van der Waals surface area contributed by atoms with Crippen molar-refractivity contribution >= 4 is 0 Å². The van der Waals surface area contributed by atoms with Crippen LogP contribution in [0.15, 0.2) is 0 Å². The first-order chi connectivity index (χ1) is 8.77. The molecular formula is C15H32N2O. The first-order valence-corrected chi connectivity index (χ1v) is 7.83. The Labute approximate surface area is 113 Å². The Morgan fingerprint density at radius 3 is 2.89 bits per heavy atom. The van der Waals surface area contributed by atoms with Crippen LogP contribution in [0.25, 0.3) is 0 Å². The topological polar surface area (TPSA) is 24.5 Å². The average molecular weight is 256 g/mol. The quantitative estimate of drug-likeness (QED) is 0.642. The molecule has 1 fully saturated rings. The standard InChI is InChI=1S/C15H32N2O/c1-4-9-16-14(3)8-6-7-10-17-11-12-18-13-15(17)5-2/h14-16H,4-13H2,1-3H3. The summed E-state index contributed by atoms with van der Waals surface area (Å²) in [6, 6.07) is 1.34. The third-order valence-corrected chi connectivity index (χ3v) is 3.90. The van der Waals surface area contributed by atoms with Gasteiger partial charge in [-0.25, -0.2) is 0 Å². The summed E-state index contributed by atoms with van der Waals surface area (Å²) in [5, 5.41) is 3.56. The molecular weight excluding hydrogens is 224 g/mol. The van der Waals surface area contributed by atoms with Crippen LogP contribution in [-0.2, 0) is 4.74 Å². The number of hydrogen-bond acceptors (Lipinski definition) is 3. The lowest BCUT2D eigenvalue weighted by atomic mass is 10.1. The number of nitrogens with zero attached hydrogens (tertiary/aromatic N) is 1. The fraction of sp³-hybridized carbons (Fsp3) is 1.00. The van der Waals surface area contributed by atoms with Crippen molar-refractivity contribution in [3.63, 3.8) is 0 Å². The molecule has 1 aliphatic heterocycles. The number of nitrogens with one attached hydrogen (secondary N) is 1. The van der Waals surface area contributed by atoms with Crippen LogP contribution >= 0.6 is 0 Å². The Hall–Kier alpha value is -0.120. The molecule has 0 aromatic carbocycles. The molecule has 3 nitrogen and oxygen atoms in total. The third kappa shape index (κ3) is 6.17. The number of morpholine rings is 1. The van der Waals surface area contributed by atoms with E-state index in [0.29, 0.717) is 12.1 Å². The molecule has 0 aromatic heterocycles. The number of ether oxygens (including phenoxy) is 1. The van der Waals surface area contributed by atoms with E-state index in [9.17, 15) is 0 Å². The molecule has 1 saturated heterocycles. The van der Waals surface area contributed by atoms with Crippen LogP contribution in [-0.4, -0.2) is 49.8 Å². The predicted octanol–water partition coefficient (Wildman–Crippen LogP) is 2.66. The maximum absolute atomic E-state index is 5.54. The summed E-state index contributed by atoms with van der Waals surface area (Å²) in [4.78, 5) is 2.62. The van der Waals surface area contributed by atoms with Gasteiger partial charge in [-0.1, -0.05) is 20.3 Å². The summed E-state index contributed by atoms with van der Waals surface area (Å²) in [6.07, 6.45) is 6.42. The molecule has 0 amide bonds. The van der Waals surface area contributed by atoms with Crippen LogP contribution in [0, 0.1) is 0 Å². The van der Waals surface area contributed by atoms with E-state index < -0.39 is 0 Å². The molecule has 1 aliphatic rings. The van der Waals surface area contributed by atoms with Crippen molar-refractivity contribution in [3.05, 3.63) is 0 Å². The van der Waals surface area contributed by atoms with Crippen LogP contribution < -0.4 is 5.32 Å². The first-order valence-electron chi connectivity index (χ1n) is 7.83.